The number of aromatic nitrogens is 1. The number of nitrogens with zero attached hydrogens (tertiary/aromatic N) is 1. The standard InChI is InChI=1S/C25H37NO2/c1-3-5-7-8-9-11-22-12-17-25(26-21-22)23-13-15-24(16-14-23)28-20-10-19-27-18-6-4-2/h12-17,21H,3-11,18-20H2,1-2H3. The first-order valence-electron chi connectivity index (χ1n) is 11.1. The highest BCUT2D eigenvalue weighted by molar-refractivity contribution is 5.60. The quantitative estimate of drug-likeness (QED) is 0.315. The van der Waals surface area contributed by atoms with Crippen LogP contribution in [0.5, 0.6) is 5.75 Å². The molecule has 2 rings (SSSR count). The van der Waals surface area contributed by atoms with Gasteiger partial charge in [-0.1, -0.05) is 52.0 Å². The Bertz CT molecular complexity index is 622. The molecule has 0 atom stereocenters. The molecule has 0 bridgehead atoms. The fraction of sp³-hybridized carbons (Fsp3) is 0.560. The summed E-state index contributed by atoms with van der Waals surface area (Å²) in [4.78, 5) is 4.65. The molecule has 0 amide bonds. The van der Waals surface area contributed by atoms with E-state index in [1.54, 1.807) is 0 Å². The Morgan fingerprint density at radius 1 is 0.714 bits per heavy atom. The summed E-state index contributed by atoms with van der Waals surface area (Å²) in [7, 11) is 0. The van der Waals surface area contributed by atoms with Crippen LogP contribution in [0.25, 0.3) is 11.3 Å². The van der Waals surface area contributed by atoms with Gasteiger partial charge in [0.1, 0.15) is 5.75 Å². The first-order chi connectivity index (χ1) is 13.8. The van der Waals surface area contributed by atoms with Crippen molar-refractivity contribution in [2.75, 3.05) is 19.8 Å². The van der Waals surface area contributed by atoms with Gasteiger partial charge in [-0.3, -0.25) is 4.98 Å². The van der Waals surface area contributed by atoms with Crippen molar-refractivity contribution in [3.8, 4) is 17.0 Å². The normalized spacial score (nSPS) is 10.9. The number of rotatable bonds is 15. The maximum atomic E-state index is 5.79. The van der Waals surface area contributed by atoms with Crippen LogP contribution in [0, 0.1) is 0 Å². The van der Waals surface area contributed by atoms with E-state index >= 15 is 0 Å². The number of pyridine rings is 1. The van der Waals surface area contributed by atoms with E-state index in [-0.39, 0.29) is 0 Å². The van der Waals surface area contributed by atoms with Crippen molar-refractivity contribution in [1.82, 2.24) is 4.98 Å². The number of ether oxygens (including phenoxy) is 2. The predicted molar refractivity (Wildman–Crippen MR) is 118 cm³/mol. The van der Waals surface area contributed by atoms with Gasteiger partial charge in [-0.25, -0.2) is 0 Å². The second-order valence-corrected chi connectivity index (χ2v) is 7.41. The molecule has 0 saturated carbocycles. The van der Waals surface area contributed by atoms with Crippen LogP contribution in [0.4, 0.5) is 0 Å². The van der Waals surface area contributed by atoms with E-state index < -0.39 is 0 Å². The van der Waals surface area contributed by atoms with E-state index in [1.807, 2.05) is 18.3 Å². The molecule has 0 aliphatic carbocycles. The highest BCUT2D eigenvalue weighted by Crippen LogP contribution is 2.21. The van der Waals surface area contributed by atoms with Crippen molar-refractivity contribution in [3.05, 3.63) is 48.2 Å². The molecule has 1 aromatic carbocycles. The lowest BCUT2D eigenvalue weighted by atomic mass is 10.1. The van der Waals surface area contributed by atoms with Gasteiger partial charge in [-0.15, -0.1) is 0 Å². The first-order valence-corrected chi connectivity index (χ1v) is 11.1. The SMILES string of the molecule is CCCCCCCc1ccc(-c2ccc(OCCCOCCCC)cc2)nc1. The van der Waals surface area contributed by atoms with E-state index in [0.717, 1.165) is 49.5 Å². The summed E-state index contributed by atoms with van der Waals surface area (Å²) in [6, 6.07) is 12.6. The van der Waals surface area contributed by atoms with Gasteiger partial charge in [0, 0.05) is 31.4 Å². The fourth-order valence-corrected chi connectivity index (χ4v) is 3.10. The van der Waals surface area contributed by atoms with Gasteiger partial charge in [0.2, 0.25) is 0 Å². The van der Waals surface area contributed by atoms with Crippen molar-refractivity contribution < 1.29 is 9.47 Å². The lowest BCUT2D eigenvalue weighted by Gasteiger charge is -2.08. The molecule has 0 aliphatic heterocycles. The Kier molecular flexibility index (Phi) is 11.3. The Morgan fingerprint density at radius 2 is 1.46 bits per heavy atom. The summed E-state index contributed by atoms with van der Waals surface area (Å²) in [6.07, 6.45) is 13.0. The zero-order valence-electron chi connectivity index (χ0n) is 17.8. The third-order valence-corrected chi connectivity index (χ3v) is 4.89. The second kappa shape index (κ2) is 14.2. The van der Waals surface area contributed by atoms with Crippen molar-refractivity contribution >= 4 is 0 Å². The minimum Gasteiger partial charge on any atom is -0.494 e. The first kappa shape index (κ1) is 22.4. The highest BCUT2D eigenvalue weighted by Gasteiger charge is 2.02. The largest absolute Gasteiger partial charge is 0.494 e. The molecule has 2 aromatic rings. The van der Waals surface area contributed by atoms with Gasteiger partial charge < -0.3 is 9.47 Å². The average Bonchev–Trinajstić information content (AvgIpc) is 2.74. The Labute approximate surface area is 171 Å². The molecule has 0 spiro atoms. The number of hydrogen-bond donors (Lipinski definition) is 0. The molecule has 0 aliphatic rings. The molecule has 0 N–H and O–H groups in total. The van der Waals surface area contributed by atoms with Crippen molar-refractivity contribution in [1.29, 1.82) is 0 Å². The van der Waals surface area contributed by atoms with Crippen LogP contribution in [0.1, 0.15) is 70.8 Å². The Morgan fingerprint density at radius 3 is 2.18 bits per heavy atom. The second-order valence-electron chi connectivity index (χ2n) is 7.41. The van der Waals surface area contributed by atoms with Gasteiger partial charge in [-0.05, 0) is 55.2 Å². The van der Waals surface area contributed by atoms with Crippen molar-refractivity contribution in [2.45, 2.75) is 71.6 Å². The van der Waals surface area contributed by atoms with Crippen LogP contribution in [-0.2, 0) is 11.2 Å². The molecule has 1 heterocycles. The van der Waals surface area contributed by atoms with E-state index in [4.69, 9.17) is 9.47 Å². The zero-order chi connectivity index (χ0) is 19.9. The Balaban J connectivity index is 1.70. The predicted octanol–water partition coefficient (Wildman–Crippen LogP) is 6.85. The van der Waals surface area contributed by atoms with Crippen molar-refractivity contribution in [2.24, 2.45) is 0 Å². The third kappa shape index (κ3) is 8.88. The lowest BCUT2D eigenvalue weighted by Crippen LogP contribution is -2.03. The van der Waals surface area contributed by atoms with Gasteiger partial charge in [0.15, 0.2) is 0 Å². The topological polar surface area (TPSA) is 31.4 Å². The van der Waals surface area contributed by atoms with Gasteiger partial charge in [0.25, 0.3) is 0 Å². The van der Waals surface area contributed by atoms with Crippen LogP contribution in [0.15, 0.2) is 42.6 Å². The van der Waals surface area contributed by atoms with Crippen LogP contribution < -0.4 is 4.74 Å². The summed E-state index contributed by atoms with van der Waals surface area (Å²) in [6.45, 7) is 6.75. The zero-order valence-corrected chi connectivity index (χ0v) is 17.8. The number of benzene rings is 1. The smallest absolute Gasteiger partial charge is 0.119 e. The minimum absolute atomic E-state index is 0.691. The van der Waals surface area contributed by atoms with Gasteiger partial charge in [0.05, 0.1) is 12.3 Å². The molecule has 3 heteroatoms. The van der Waals surface area contributed by atoms with E-state index in [9.17, 15) is 0 Å². The third-order valence-electron chi connectivity index (χ3n) is 4.89. The average molecular weight is 384 g/mol. The van der Waals surface area contributed by atoms with Crippen LogP contribution >= 0.6 is 0 Å². The molecule has 0 unspecified atom stereocenters. The Hall–Kier alpha value is -1.87. The van der Waals surface area contributed by atoms with Crippen LogP contribution in [0.3, 0.4) is 0 Å². The molecule has 0 radical (unpaired) electrons. The number of hydrogen-bond acceptors (Lipinski definition) is 3. The van der Waals surface area contributed by atoms with Crippen LogP contribution in [0.2, 0.25) is 0 Å². The van der Waals surface area contributed by atoms with Crippen LogP contribution in [-0.4, -0.2) is 24.8 Å². The molecular formula is C25H37NO2. The molecular weight excluding hydrogens is 346 g/mol. The molecule has 28 heavy (non-hydrogen) atoms. The minimum atomic E-state index is 0.691. The van der Waals surface area contributed by atoms with Gasteiger partial charge >= 0.3 is 0 Å². The van der Waals surface area contributed by atoms with E-state index in [1.165, 1.54) is 44.1 Å². The summed E-state index contributed by atoms with van der Waals surface area (Å²) < 4.78 is 11.3. The number of unbranched alkanes of at least 4 members (excludes halogenated alkanes) is 5. The summed E-state index contributed by atoms with van der Waals surface area (Å²) in [5.74, 6) is 0.904. The van der Waals surface area contributed by atoms with Crippen molar-refractivity contribution in [3.63, 3.8) is 0 Å². The summed E-state index contributed by atoms with van der Waals surface area (Å²) >= 11 is 0. The van der Waals surface area contributed by atoms with Gasteiger partial charge in [-0.2, -0.15) is 0 Å². The maximum absolute atomic E-state index is 5.79. The summed E-state index contributed by atoms with van der Waals surface area (Å²) in [5, 5.41) is 0. The molecule has 0 saturated heterocycles. The maximum Gasteiger partial charge on any atom is 0.119 e. The highest BCUT2D eigenvalue weighted by atomic mass is 16.5. The molecule has 0 fully saturated rings. The van der Waals surface area contributed by atoms with E-state index in [0.29, 0.717) is 6.61 Å². The monoisotopic (exact) mass is 383 g/mol. The van der Waals surface area contributed by atoms with E-state index in [2.05, 4.69) is 43.1 Å². The fourth-order valence-electron chi connectivity index (χ4n) is 3.10. The molecule has 3 nitrogen and oxygen atoms in total. The molecule has 1 aromatic heterocycles. The lowest BCUT2D eigenvalue weighted by molar-refractivity contribution is 0.117. The summed E-state index contributed by atoms with van der Waals surface area (Å²) in [5.41, 5.74) is 3.48. The molecule has 154 valence electrons. The number of aryl methyl sites for hydroxylation is 1.